The molecule has 1 unspecified atom stereocenters. The number of amides is 1. The molecule has 3 aromatic carbocycles. The quantitative estimate of drug-likeness (QED) is 0.225. The van der Waals surface area contributed by atoms with Crippen molar-refractivity contribution in [1.82, 2.24) is 0 Å². The summed E-state index contributed by atoms with van der Waals surface area (Å²) >= 11 is 0. The Morgan fingerprint density at radius 3 is 2.24 bits per heavy atom. The molecular formula is C32H35NO5. The molecule has 0 saturated carbocycles. The van der Waals surface area contributed by atoms with Crippen LogP contribution in [0.15, 0.2) is 72.3 Å². The maximum absolute atomic E-state index is 13.6. The molecule has 1 aliphatic heterocycles. The Balaban J connectivity index is 1.93. The highest BCUT2D eigenvalue weighted by molar-refractivity contribution is 6.51. The van der Waals surface area contributed by atoms with Crippen molar-refractivity contribution >= 4 is 23.1 Å². The average Bonchev–Trinajstić information content (AvgIpc) is 3.13. The minimum absolute atomic E-state index is 0.000960. The number of aliphatic hydroxyl groups is 1. The molecule has 0 bridgehead atoms. The molecule has 1 amide bonds. The van der Waals surface area contributed by atoms with Crippen LogP contribution < -0.4 is 14.4 Å². The van der Waals surface area contributed by atoms with Crippen molar-refractivity contribution in [2.75, 3.05) is 12.0 Å². The van der Waals surface area contributed by atoms with Crippen molar-refractivity contribution in [3.63, 3.8) is 0 Å². The molecule has 1 atom stereocenters. The van der Waals surface area contributed by atoms with Gasteiger partial charge in [0.05, 0.1) is 24.8 Å². The number of hydrogen-bond acceptors (Lipinski definition) is 5. The second kappa shape index (κ2) is 10.4. The maximum atomic E-state index is 13.6. The molecular weight excluding hydrogens is 478 g/mol. The topological polar surface area (TPSA) is 76.1 Å². The highest BCUT2D eigenvalue weighted by atomic mass is 16.5. The van der Waals surface area contributed by atoms with Gasteiger partial charge in [0.25, 0.3) is 11.7 Å². The summed E-state index contributed by atoms with van der Waals surface area (Å²) in [5.74, 6) is -0.394. The number of aryl methyl sites for hydroxylation is 1. The molecule has 1 aliphatic rings. The zero-order valence-electron chi connectivity index (χ0n) is 23.0. The molecule has 0 aliphatic carbocycles. The Kier molecular flexibility index (Phi) is 7.36. The van der Waals surface area contributed by atoms with Crippen molar-refractivity contribution in [2.45, 2.75) is 59.1 Å². The molecule has 4 rings (SSSR count). The number of anilines is 1. The van der Waals surface area contributed by atoms with E-state index < -0.39 is 17.7 Å². The minimum Gasteiger partial charge on any atom is -0.507 e. The Labute approximate surface area is 224 Å². The second-order valence-electron chi connectivity index (χ2n) is 10.9. The largest absolute Gasteiger partial charge is 0.507 e. The Bertz CT molecular complexity index is 1400. The van der Waals surface area contributed by atoms with Gasteiger partial charge in [-0.05, 0) is 85.3 Å². The number of nitrogens with zero attached hydrogens (tertiary/aromatic N) is 1. The molecule has 1 N–H and O–H groups in total. The number of ether oxygens (including phenoxy) is 2. The van der Waals surface area contributed by atoms with E-state index in [1.807, 2.05) is 45.0 Å². The minimum atomic E-state index is -0.848. The first-order chi connectivity index (χ1) is 17.9. The van der Waals surface area contributed by atoms with E-state index >= 15 is 0 Å². The lowest BCUT2D eigenvalue weighted by Gasteiger charge is -2.26. The molecule has 3 aromatic rings. The zero-order chi connectivity index (χ0) is 27.8. The Morgan fingerprint density at radius 1 is 0.947 bits per heavy atom. The monoisotopic (exact) mass is 513 g/mol. The number of aliphatic hydroxyl groups excluding tert-OH is 1. The van der Waals surface area contributed by atoms with Gasteiger partial charge in [-0.3, -0.25) is 14.5 Å². The van der Waals surface area contributed by atoms with Crippen molar-refractivity contribution in [3.8, 4) is 11.5 Å². The van der Waals surface area contributed by atoms with Crippen LogP contribution in [-0.2, 0) is 15.0 Å². The summed E-state index contributed by atoms with van der Waals surface area (Å²) in [6, 6.07) is 19.3. The van der Waals surface area contributed by atoms with Gasteiger partial charge in [-0.2, -0.15) is 0 Å². The third kappa shape index (κ3) is 5.17. The SMILES string of the molecule is COc1cccc(C2/C(=C(\O)c3cc(C(C)(C)C)ccc3C)C(=O)C(=O)N2c2ccc(OC(C)C)cc2)c1. The number of benzene rings is 3. The second-order valence-corrected chi connectivity index (χ2v) is 10.9. The fourth-order valence-corrected chi connectivity index (χ4v) is 4.67. The first kappa shape index (κ1) is 27.0. The summed E-state index contributed by atoms with van der Waals surface area (Å²) in [6.45, 7) is 12.0. The third-order valence-corrected chi connectivity index (χ3v) is 6.70. The predicted octanol–water partition coefficient (Wildman–Crippen LogP) is 6.71. The lowest BCUT2D eigenvalue weighted by atomic mass is 9.84. The average molecular weight is 514 g/mol. The van der Waals surface area contributed by atoms with Gasteiger partial charge in [-0.1, -0.05) is 45.0 Å². The standard InChI is InChI=1S/C32H35NO5/c1-19(2)38-24-15-13-23(14-16-24)33-28(21-9-8-10-25(17-21)37-7)27(30(35)31(33)36)29(34)26-18-22(32(4,5)6)12-11-20(26)3/h8-19,28,34H,1-7H3/b29-27+. The molecule has 38 heavy (non-hydrogen) atoms. The van der Waals surface area contributed by atoms with Crippen molar-refractivity contribution in [3.05, 3.63) is 94.6 Å². The number of carbonyl (C=O) groups is 2. The lowest BCUT2D eigenvalue weighted by molar-refractivity contribution is -0.132. The van der Waals surface area contributed by atoms with Gasteiger partial charge in [0.15, 0.2) is 0 Å². The number of Topliss-reactive ketones (excluding diaryl/α,β-unsaturated/α-hetero) is 1. The van der Waals surface area contributed by atoms with Crippen LogP contribution >= 0.6 is 0 Å². The van der Waals surface area contributed by atoms with Crippen LogP contribution in [0.4, 0.5) is 5.69 Å². The summed E-state index contributed by atoms with van der Waals surface area (Å²) in [4.78, 5) is 28.6. The fraction of sp³-hybridized carbons (Fsp3) is 0.312. The van der Waals surface area contributed by atoms with E-state index in [1.165, 1.54) is 4.90 Å². The summed E-state index contributed by atoms with van der Waals surface area (Å²) in [5.41, 5.74) is 3.40. The molecule has 1 saturated heterocycles. The van der Waals surface area contributed by atoms with Crippen molar-refractivity contribution in [2.24, 2.45) is 0 Å². The first-order valence-electron chi connectivity index (χ1n) is 12.8. The van der Waals surface area contributed by atoms with E-state index in [9.17, 15) is 14.7 Å². The van der Waals surface area contributed by atoms with E-state index in [2.05, 4.69) is 20.8 Å². The van der Waals surface area contributed by atoms with Gasteiger partial charge in [0.2, 0.25) is 0 Å². The Morgan fingerprint density at radius 2 is 1.63 bits per heavy atom. The van der Waals surface area contributed by atoms with E-state index in [4.69, 9.17) is 9.47 Å². The highest BCUT2D eigenvalue weighted by Crippen LogP contribution is 2.43. The summed E-state index contributed by atoms with van der Waals surface area (Å²) in [6.07, 6.45) is -0.000960. The molecule has 0 radical (unpaired) electrons. The predicted molar refractivity (Wildman–Crippen MR) is 150 cm³/mol. The van der Waals surface area contributed by atoms with E-state index in [0.29, 0.717) is 28.3 Å². The number of methoxy groups -OCH3 is 1. The van der Waals surface area contributed by atoms with Crippen LogP contribution in [0, 0.1) is 6.92 Å². The molecule has 1 heterocycles. The molecule has 0 aromatic heterocycles. The summed E-state index contributed by atoms with van der Waals surface area (Å²) in [5, 5.41) is 11.7. The first-order valence-corrected chi connectivity index (χ1v) is 12.8. The number of hydrogen-bond donors (Lipinski definition) is 1. The van der Waals surface area contributed by atoms with Crippen LogP contribution in [0.3, 0.4) is 0 Å². The third-order valence-electron chi connectivity index (χ3n) is 6.70. The van der Waals surface area contributed by atoms with Crippen molar-refractivity contribution < 1.29 is 24.2 Å². The fourth-order valence-electron chi connectivity index (χ4n) is 4.67. The van der Waals surface area contributed by atoms with Gasteiger partial charge >= 0.3 is 0 Å². The van der Waals surface area contributed by atoms with Crippen molar-refractivity contribution in [1.29, 1.82) is 0 Å². The smallest absolute Gasteiger partial charge is 0.300 e. The zero-order valence-corrected chi connectivity index (χ0v) is 23.0. The molecule has 1 fully saturated rings. The Hall–Kier alpha value is -4.06. The molecule has 6 nitrogen and oxygen atoms in total. The number of carbonyl (C=O) groups excluding carboxylic acids is 2. The number of rotatable bonds is 6. The van der Waals surface area contributed by atoms with Crippen LogP contribution in [0.25, 0.3) is 5.76 Å². The van der Waals surface area contributed by atoms with Crippen LogP contribution in [0.5, 0.6) is 11.5 Å². The van der Waals surface area contributed by atoms with Gasteiger partial charge in [0, 0.05) is 11.3 Å². The molecule has 6 heteroatoms. The van der Waals surface area contributed by atoms with Crippen LogP contribution in [0.1, 0.15) is 62.9 Å². The summed E-state index contributed by atoms with van der Waals surface area (Å²) < 4.78 is 11.2. The van der Waals surface area contributed by atoms with E-state index in [0.717, 1.165) is 11.1 Å². The van der Waals surface area contributed by atoms with Crippen LogP contribution in [0.2, 0.25) is 0 Å². The molecule has 198 valence electrons. The van der Waals surface area contributed by atoms with E-state index in [1.54, 1.807) is 49.6 Å². The lowest BCUT2D eigenvalue weighted by Crippen LogP contribution is -2.29. The van der Waals surface area contributed by atoms with Crippen LogP contribution in [-0.4, -0.2) is 30.0 Å². The van der Waals surface area contributed by atoms with Gasteiger partial charge in [0.1, 0.15) is 17.3 Å². The van der Waals surface area contributed by atoms with Gasteiger partial charge in [-0.25, -0.2) is 0 Å². The highest BCUT2D eigenvalue weighted by Gasteiger charge is 2.47. The summed E-state index contributed by atoms with van der Waals surface area (Å²) in [7, 11) is 1.56. The van der Waals surface area contributed by atoms with Gasteiger partial charge in [-0.15, -0.1) is 0 Å². The van der Waals surface area contributed by atoms with Gasteiger partial charge < -0.3 is 14.6 Å². The molecule has 0 spiro atoms. The van der Waals surface area contributed by atoms with E-state index in [-0.39, 0.29) is 22.9 Å². The maximum Gasteiger partial charge on any atom is 0.300 e. The number of ketones is 1. The normalized spacial score (nSPS) is 17.3.